The van der Waals surface area contributed by atoms with Crippen molar-refractivity contribution in [3.63, 3.8) is 0 Å². The van der Waals surface area contributed by atoms with Gasteiger partial charge in [0.2, 0.25) is 11.8 Å². The van der Waals surface area contributed by atoms with E-state index in [1.165, 1.54) is 13.2 Å². The zero-order valence-electron chi connectivity index (χ0n) is 17.3. The van der Waals surface area contributed by atoms with Crippen molar-refractivity contribution in [2.75, 3.05) is 12.4 Å². The van der Waals surface area contributed by atoms with Crippen LogP contribution in [0.1, 0.15) is 35.6 Å². The molecule has 0 radical (unpaired) electrons. The number of carbonyl (C=O) groups is 3. The summed E-state index contributed by atoms with van der Waals surface area (Å²) < 4.78 is 43.4. The SMILES string of the molecule is COC(=O)C[C@H](NC(=O)C[C@H]1Sc2ccc(C(F)(F)F)cc2NC1=O)c1ccc(C)cc1. The van der Waals surface area contributed by atoms with Crippen molar-refractivity contribution in [1.29, 1.82) is 0 Å². The van der Waals surface area contributed by atoms with Crippen LogP contribution in [0.2, 0.25) is 0 Å². The maximum Gasteiger partial charge on any atom is 0.416 e. The fraction of sp³-hybridized carbons (Fsp3) is 0.318. The molecule has 2 aromatic carbocycles. The fourth-order valence-electron chi connectivity index (χ4n) is 3.18. The average molecular weight is 466 g/mol. The van der Waals surface area contributed by atoms with Gasteiger partial charge in [0.1, 0.15) is 0 Å². The number of methoxy groups -OCH3 is 1. The van der Waals surface area contributed by atoms with Crippen LogP contribution in [0.25, 0.3) is 0 Å². The van der Waals surface area contributed by atoms with Gasteiger partial charge in [-0.2, -0.15) is 13.2 Å². The third kappa shape index (κ3) is 5.82. The summed E-state index contributed by atoms with van der Waals surface area (Å²) in [6.45, 7) is 1.91. The van der Waals surface area contributed by atoms with E-state index in [-0.39, 0.29) is 18.5 Å². The van der Waals surface area contributed by atoms with Crippen molar-refractivity contribution in [3.05, 3.63) is 59.2 Å². The lowest BCUT2D eigenvalue weighted by molar-refractivity contribution is -0.141. The molecule has 2 aromatic rings. The molecule has 0 saturated heterocycles. The lowest BCUT2D eigenvalue weighted by Gasteiger charge is -2.25. The van der Waals surface area contributed by atoms with Crippen LogP contribution in [0, 0.1) is 6.92 Å². The third-order valence-corrected chi connectivity index (χ3v) is 6.19. The van der Waals surface area contributed by atoms with E-state index in [2.05, 4.69) is 10.6 Å². The Labute approximate surface area is 186 Å². The molecule has 3 rings (SSSR count). The Morgan fingerprint density at radius 2 is 1.88 bits per heavy atom. The second kappa shape index (κ2) is 9.64. The molecule has 32 heavy (non-hydrogen) atoms. The van der Waals surface area contributed by atoms with Crippen LogP contribution in [0.15, 0.2) is 47.4 Å². The standard InChI is InChI=1S/C22H21F3N2O4S/c1-12-3-5-13(6-4-12)15(10-20(29)31-2)26-19(28)11-18-21(30)27-16-9-14(22(23,24)25)7-8-17(16)32-18/h3-9,15,18H,10-11H2,1-2H3,(H,26,28)(H,27,30)/t15-,18+/m0/s1. The molecule has 0 spiro atoms. The molecule has 2 N–H and O–H groups in total. The number of anilines is 1. The molecule has 0 aliphatic carbocycles. The zero-order chi connectivity index (χ0) is 23.5. The van der Waals surface area contributed by atoms with Crippen molar-refractivity contribution >= 4 is 35.2 Å². The number of hydrogen-bond donors (Lipinski definition) is 2. The minimum Gasteiger partial charge on any atom is -0.469 e. The summed E-state index contributed by atoms with van der Waals surface area (Å²) in [4.78, 5) is 37.3. The molecular formula is C22H21F3N2O4S. The lowest BCUT2D eigenvalue weighted by atomic mass is 10.0. The highest BCUT2D eigenvalue weighted by Gasteiger charge is 2.34. The minimum absolute atomic E-state index is 0.0645. The number of esters is 1. The second-order valence-corrected chi connectivity index (χ2v) is 8.56. The van der Waals surface area contributed by atoms with Crippen LogP contribution >= 0.6 is 11.8 Å². The van der Waals surface area contributed by atoms with Crippen LogP contribution in [0.3, 0.4) is 0 Å². The van der Waals surface area contributed by atoms with Crippen molar-refractivity contribution in [2.45, 2.75) is 42.1 Å². The second-order valence-electron chi connectivity index (χ2n) is 7.32. The Morgan fingerprint density at radius 1 is 1.19 bits per heavy atom. The summed E-state index contributed by atoms with van der Waals surface area (Å²) in [5.41, 5.74) is 0.923. The van der Waals surface area contributed by atoms with E-state index in [0.29, 0.717) is 10.5 Å². The summed E-state index contributed by atoms with van der Waals surface area (Å²) in [6, 6.07) is 9.72. The number of aryl methyl sites for hydroxylation is 1. The average Bonchev–Trinajstić information content (AvgIpc) is 2.73. The molecule has 1 heterocycles. The number of nitrogens with one attached hydrogen (secondary N) is 2. The van der Waals surface area contributed by atoms with E-state index in [9.17, 15) is 27.6 Å². The normalized spacial score (nSPS) is 16.5. The number of carbonyl (C=O) groups excluding carboxylic acids is 3. The van der Waals surface area contributed by atoms with Gasteiger partial charge < -0.3 is 15.4 Å². The first-order valence-corrected chi connectivity index (χ1v) is 10.6. The lowest BCUT2D eigenvalue weighted by Crippen LogP contribution is -2.37. The van der Waals surface area contributed by atoms with Crippen LogP contribution in [0.4, 0.5) is 18.9 Å². The zero-order valence-corrected chi connectivity index (χ0v) is 18.1. The summed E-state index contributed by atoms with van der Waals surface area (Å²) in [5, 5.41) is 4.38. The van der Waals surface area contributed by atoms with Gasteiger partial charge in [-0.3, -0.25) is 14.4 Å². The van der Waals surface area contributed by atoms with Gasteiger partial charge in [-0.25, -0.2) is 0 Å². The number of halogens is 3. The molecule has 1 aliphatic rings. The maximum absolute atomic E-state index is 12.9. The van der Waals surface area contributed by atoms with Gasteiger partial charge in [-0.1, -0.05) is 29.8 Å². The van der Waals surface area contributed by atoms with Gasteiger partial charge >= 0.3 is 12.1 Å². The number of rotatable bonds is 6. The molecule has 2 atom stereocenters. The van der Waals surface area contributed by atoms with Crippen molar-refractivity contribution in [2.24, 2.45) is 0 Å². The highest BCUT2D eigenvalue weighted by atomic mass is 32.2. The smallest absolute Gasteiger partial charge is 0.416 e. The van der Waals surface area contributed by atoms with Crippen LogP contribution in [0.5, 0.6) is 0 Å². The van der Waals surface area contributed by atoms with Gasteiger partial charge in [0.25, 0.3) is 0 Å². The Bertz CT molecular complexity index is 1020. The first-order valence-electron chi connectivity index (χ1n) is 9.68. The summed E-state index contributed by atoms with van der Waals surface area (Å²) in [5.74, 6) is -1.53. The largest absolute Gasteiger partial charge is 0.469 e. The first-order chi connectivity index (χ1) is 15.1. The molecule has 2 amide bonds. The number of ether oxygens (including phenoxy) is 1. The van der Waals surface area contributed by atoms with E-state index in [4.69, 9.17) is 4.74 Å². The predicted molar refractivity (Wildman–Crippen MR) is 113 cm³/mol. The monoisotopic (exact) mass is 466 g/mol. The van der Waals surface area contributed by atoms with Crippen molar-refractivity contribution in [3.8, 4) is 0 Å². The number of hydrogen-bond acceptors (Lipinski definition) is 5. The fourth-order valence-corrected chi connectivity index (χ4v) is 4.27. The Morgan fingerprint density at radius 3 is 2.50 bits per heavy atom. The number of fused-ring (bicyclic) bond motifs is 1. The number of amides is 2. The van der Waals surface area contributed by atoms with Crippen LogP contribution in [-0.2, 0) is 25.3 Å². The summed E-state index contributed by atoms with van der Waals surface area (Å²) in [6.07, 6.45) is -4.81. The molecule has 0 aromatic heterocycles. The van der Waals surface area contributed by atoms with Crippen molar-refractivity contribution < 1.29 is 32.3 Å². The summed E-state index contributed by atoms with van der Waals surface area (Å²) in [7, 11) is 1.25. The Balaban J connectivity index is 1.70. The highest BCUT2D eigenvalue weighted by molar-refractivity contribution is 8.01. The van der Waals surface area contributed by atoms with Gasteiger partial charge in [0, 0.05) is 11.3 Å². The Kier molecular flexibility index (Phi) is 7.12. The van der Waals surface area contributed by atoms with Gasteiger partial charge in [-0.15, -0.1) is 11.8 Å². The molecule has 0 saturated carbocycles. The van der Waals surface area contributed by atoms with E-state index in [1.54, 1.807) is 12.1 Å². The number of benzene rings is 2. The van der Waals surface area contributed by atoms with E-state index >= 15 is 0 Å². The molecule has 6 nitrogen and oxygen atoms in total. The molecule has 170 valence electrons. The first kappa shape index (κ1) is 23.6. The summed E-state index contributed by atoms with van der Waals surface area (Å²) >= 11 is 1.02. The van der Waals surface area contributed by atoms with E-state index in [1.807, 2.05) is 19.1 Å². The number of alkyl halides is 3. The molecule has 10 heteroatoms. The topological polar surface area (TPSA) is 84.5 Å². The highest BCUT2D eigenvalue weighted by Crippen LogP contribution is 2.40. The van der Waals surface area contributed by atoms with Gasteiger partial charge in [0.15, 0.2) is 0 Å². The molecule has 0 bridgehead atoms. The molecule has 0 unspecified atom stereocenters. The molecule has 1 aliphatic heterocycles. The Hall–Kier alpha value is -3.01. The third-order valence-electron chi connectivity index (χ3n) is 4.91. The van der Waals surface area contributed by atoms with Crippen LogP contribution < -0.4 is 10.6 Å². The quantitative estimate of drug-likeness (QED) is 0.623. The van der Waals surface area contributed by atoms with Crippen molar-refractivity contribution in [1.82, 2.24) is 5.32 Å². The van der Waals surface area contributed by atoms with Crippen LogP contribution in [-0.4, -0.2) is 30.1 Å². The minimum atomic E-state index is -4.52. The molecular weight excluding hydrogens is 445 g/mol. The maximum atomic E-state index is 12.9. The molecule has 0 fully saturated rings. The van der Waals surface area contributed by atoms with E-state index < -0.39 is 40.8 Å². The van der Waals surface area contributed by atoms with Gasteiger partial charge in [-0.05, 0) is 30.7 Å². The predicted octanol–water partition coefficient (Wildman–Crippen LogP) is 4.24. The van der Waals surface area contributed by atoms with Gasteiger partial charge in [0.05, 0.1) is 36.1 Å². The van der Waals surface area contributed by atoms with E-state index in [0.717, 1.165) is 29.5 Å². The number of thioether (sulfide) groups is 1.